The highest BCUT2D eigenvalue weighted by Gasteiger charge is 2.18. The molecule has 1 heterocycles. The Balaban J connectivity index is 2.08. The van der Waals surface area contributed by atoms with Gasteiger partial charge in [0.2, 0.25) is 0 Å². The van der Waals surface area contributed by atoms with Crippen molar-refractivity contribution in [1.29, 1.82) is 0 Å². The molecule has 0 unspecified atom stereocenters. The highest BCUT2D eigenvalue weighted by atomic mass is 15.2. The molecule has 1 rings (SSSR count). The van der Waals surface area contributed by atoms with Crippen LogP contribution in [-0.4, -0.2) is 47.2 Å². The Kier molecular flexibility index (Phi) is 4.96. The van der Waals surface area contributed by atoms with Crippen LogP contribution in [0, 0.1) is 0 Å². The molecule has 4 nitrogen and oxygen atoms in total. The van der Waals surface area contributed by atoms with E-state index in [1.807, 2.05) is 18.7 Å². The first-order valence-electron chi connectivity index (χ1n) is 5.86. The van der Waals surface area contributed by atoms with E-state index in [0.717, 1.165) is 26.1 Å². The van der Waals surface area contributed by atoms with Gasteiger partial charge < -0.3 is 14.8 Å². The van der Waals surface area contributed by atoms with E-state index < -0.39 is 0 Å². The molecule has 1 aromatic rings. The maximum absolute atomic E-state index is 4.02. The summed E-state index contributed by atoms with van der Waals surface area (Å²) in [7, 11) is 4.24. The lowest BCUT2D eigenvalue weighted by Gasteiger charge is -2.32. The van der Waals surface area contributed by atoms with Crippen LogP contribution in [0.3, 0.4) is 0 Å². The van der Waals surface area contributed by atoms with Gasteiger partial charge in [0.25, 0.3) is 0 Å². The number of imidazole rings is 1. The van der Waals surface area contributed by atoms with Gasteiger partial charge in [-0.05, 0) is 40.9 Å². The standard InChI is InChI=1S/C12H24N4/c1-12(2,15(3)4)10-13-6-5-8-16-9-7-14-11-16/h7,9,11,13H,5-6,8,10H2,1-4H3. The average Bonchev–Trinajstić information content (AvgIpc) is 2.69. The second-order valence-electron chi connectivity index (χ2n) is 5.04. The molecule has 0 amide bonds. The maximum atomic E-state index is 4.02. The van der Waals surface area contributed by atoms with Crippen LogP contribution >= 0.6 is 0 Å². The number of nitrogens with one attached hydrogen (secondary N) is 1. The third kappa shape index (κ3) is 4.33. The van der Waals surface area contributed by atoms with Crippen LogP contribution < -0.4 is 5.32 Å². The van der Waals surface area contributed by atoms with Crippen LogP contribution in [0.2, 0.25) is 0 Å². The Morgan fingerprint density at radius 2 is 2.12 bits per heavy atom. The summed E-state index contributed by atoms with van der Waals surface area (Å²) in [5.74, 6) is 0. The quantitative estimate of drug-likeness (QED) is 0.707. The van der Waals surface area contributed by atoms with Gasteiger partial charge in [0.15, 0.2) is 0 Å². The molecule has 0 aliphatic rings. The molecule has 16 heavy (non-hydrogen) atoms. The van der Waals surface area contributed by atoms with Gasteiger partial charge in [0.05, 0.1) is 6.33 Å². The monoisotopic (exact) mass is 224 g/mol. The highest BCUT2D eigenvalue weighted by molar-refractivity contribution is 4.79. The van der Waals surface area contributed by atoms with E-state index in [-0.39, 0.29) is 5.54 Å². The van der Waals surface area contributed by atoms with Gasteiger partial charge in [-0.25, -0.2) is 4.98 Å². The fourth-order valence-electron chi connectivity index (χ4n) is 1.36. The zero-order chi connectivity index (χ0) is 12.0. The van der Waals surface area contributed by atoms with Crippen LogP contribution in [-0.2, 0) is 6.54 Å². The molecule has 1 N–H and O–H groups in total. The molecular formula is C12H24N4. The molecule has 0 aliphatic carbocycles. The third-order valence-electron chi connectivity index (χ3n) is 3.10. The minimum absolute atomic E-state index is 0.217. The topological polar surface area (TPSA) is 33.1 Å². The summed E-state index contributed by atoms with van der Waals surface area (Å²) in [4.78, 5) is 6.27. The Hall–Kier alpha value is -0.870. The molecule has 92 valence electrons. The molecule has 0 aromatic carbocycles. The Morgan fingerprint density at radius 3 is 2.69 bits per heavy atom. The summed E-state index contributed by atoms with van der Waals surface area (Å²) in [6.07, 6.45) is 6.83. The van der Waals surface area contributed by atoms with Crippen molar-refractivity contribution < 1.29 is 0 Å². The lowest BCUT2D eigenvalue weighted by molar-refractivity contribution is 0.190. The van der Waals surface area contributed by atoms with Crippen LogP contribution in [0.15, 0.2) is 18.7 Å². The molecule has 0 saturated heterocycles. The zero-order valence-electron chi connectivity index (χ0n) is 10.9. The van der Waals surface area contributed by atoms with Crippen molar-refractivity contribution >= 4 is 0 Å². The SMILES string of the molecule is CN(C)C(C)(C)CNCCCn1ccnc1. The van der Waals surface area contributed by atoms with Crippen LogP contribution in [0.1, 0.15) is 20.3 Å². The van der Waals surface area contributed by atoms with Gasteiger partial charge in [-0.1, -0.05) is 0 Å². The summed E-state index contributed by atoms with van der Waals surface area (Å²) in [5.41, 5.74) is 0.217. The van der Waals surface area contributed by atoms with Gasteiger partial charge in [0, 0.05) is 31.0 Å². The maximum Gasteiger partial charge on any atom is 0.0945 e. The molecule has 0 saturated carbocycles. The predicted octanol–water partition coefficient (Wildman–Crippen LogP) is 1.20. The van der Waals surface area contributed by atoms with Crippen molar-refractivity contribution in [2.75, 3.05) is 27.2 Å². The first-order valence-corrected chi connectivity index (χ1v) is 5.86. The third-order valence-corrected chi connectivity index (χ3v) is 3.10. The number of hydrogen-bond donors (Lipinski definition) is 1. The second-order valence-corrected chi connectivity index (χ2v) is 5.04. The van der Waals surface area contributed by atoms with Gasteiger partial charge in [-0.2, -0.15) is 0 Å². The summed E-state index contributed by atoms with van der Waals surface area (Å²) < 4.78 is 2.11. The Morgan fingerprint density at radius 1 is 1.38 bits per heavy atom. The highest BCUT2D eigenvalue weighted by Crippen LogP contribution is 2.07. The summed E-state index contributed by atoms with van der Waals surface area (Å²) in [6.45, 7) is 7.60. The van der Waals surface area contributed by atoms with Crippen LogP contribution in [0.25, 0.3) is 0 Å². The van der Waals surface area contributed by atoms with Crippen molar-refractivity contribution in [3.8, 4) is 0 Å². The van der Waals surface area contributed by atoms with Crippen molar-refractivity contribution in [3.05, 3.63) is 18.7 Å². The molecule has 4 heteroatoms. The minimum Gasteiger partial charge on any atom is -0.337 e. The molecule has 1 aromatic heterocycles. The van der Waals surface area contributed by atoms with E-state index in [9.17, 15) is 0 Å². The number of likely N-dealkylation sites (N-methyl/N-ethyl adjacent to an activating group) is 1. The molecule has 0 fully saturated rings. The first-order chi connectivity index (χ1) is 7.52. The predicted molar refractivity (Wildman–Crippen MR) is 67.5 cm³/mol. The van der Waals surface area contributed by atoms with E-state index in [1.165, 1.54) is 0 Å². The van der Waals surface area contributed by atoms with E-state index >= 15 is 0 Å². The van der Waals surface area contributed by atoms with E-state index in [0.29, 0.717) is 0 Å². The van der Waals surface area contributed by atoms with E-state index in [4.69, 9.17) is 0 Å². The molecule has 0 aliphatic heterocycles. The smallest absolute Gasteiger partial charge is 0.0945 e. The van der Waals surface area contributed by atoms with Gasteiger partial charge in [-0.3, -0.25) is 0 Å². The van der Waals surface area contributed by atoms with Gasteiger partial charge in [0.1, 0.15) is 0 Å². The molecule has 0 spiro atoms. The lowest BCUT2D eigenvalue weighted by atomic mass is 10.0. The van der Waals surface area contributed by atoms with Crippen LogP contribution in [0.5, 0.6) is 0 Å². The zero-order valence-corrected chi connectivity index (χ0v) is 10.9. The average molecular weight is 224 g/mol. The van der Waals surface area contributed by atoms with Gasteiger partial charge >= 0.3 is 0 Å². The summed E-state index contributed by atoms with van der Waals surface area (Å²) in [6, 6.07) is 0. The molecule has 0 radical (unpaired) electrons. The largest absolute Gasteiger partial charge is 0.337 e. The molecule has 0 bridgehead atoms. The number of aryl methyl sites for hydroxylation is 1. The van der Waals surface area contributed by atoms with E-state index in [1.54, 1.807) is 0 Å². The Labute approximate surface area is 98.7 Å². The molecule has 0 atom stereocenters. The lowest BCUT2D eigenvalue weighted by Crippen LogP contribution is -2.46. The molecular weight excluding hydrogens is 200 g/mol. The minimum atomic E-state index is 0.217. The van der Waals surface area contributed by atoms with Gasteiger partial charge in [-0.15, -0.1) is 0 Å². The fourth-order valence-corrected chi connectivity index (χ4v) is 1.36. The number of nitrogens with zero attached hydrogens (tertiary/aromatic N) is 3. The summed E-state index contributed by atoms with van der Waals surface area (Å²) >= 11 is 0. The number of rotatable bonds is 7. The van der Waals surface area contributed by atoms with Crippen molar-refractivity contribution in [2.45, 2.75) is 32.4 Å². The van der Waals surface area contributed by atoms with Crippen LogP contribution in [0.4, 0.5) is 0 Å². The fraction of sp³-hybridized carbons (Fsp3) is 0.750. The van der Waals surface area contributed by atoms with Crippen molar-refractivity contribution in [1.82, 2.24) is 19.8 Å². The van der Waals surface area contributed by atoms with Crippen molar-refractivity contribution in [3.63, 3.8) is 0 Å². The Bertz CT molecular complexity index is 277. The number of aromatic nitrogens is 2. The second kappa shape index (κ2) is 6.01. The van der Waals surface area contributed by atoms with Crippen molar-refractivity contribution in [2.24, 2.45) is 0 Å². The normalized spacial score (nSPS) is 12.3. The number of hydrogen-bond acceptors (Lipinski definition) is 3. The first kappa shape index (κ1) is 13.2. The summed E-state index contributed by atoms with van der Waals surface area (Å²) in [5, 5.41) is 3.49. The van der Waals surface area contributed by atoms with E-state index in [2.05, 4.69) is 47.7 Å².